The molecule has 3 aromatic carbocycles. The number of carbonyl (C=O) groups excluding carboxylic acids is 3. The maximum absolute atomic E-state index is 13.2. The predicted molar refractivity (Wildman–Crippen MR) is 151 cm³/mol. The highest BCUT2D eigenvalue weighted by molar-refractivity contribution is 6.42. The highest BCUT2D eigenvalue weighted by atomic mass is 35.5. The number of amides is 3. The van der Waals surface area contributed by atoms with Crippen LogP contribution in [0, 0.1) is 0 Å². The second-order valence-corrected chi connectivity index (χ2v) is 9.55. The molecule has 1 heterocycles. The number of fused-ring (bicyclic) bond motifs is 1. The zero-order chi connectivity index (χ0) is 27.2. The minimum absolute atomic E-state index is 0.0445. The molecule has 0 fully saturated rings. The van der Waals surface area contributed by atoms with Gasteiger partial charge in [-0.05, 0) is 73.2 Å². The van der Waals surface area contributed by atoms with Gasteiger partial charge < -0.3 is 15.4 Å². The van der Waals surface area contributed by atoms with Gasteiger partial charge in [-0.15, -0.1) is 0 Å². The van der Waals surface area contributed by atoms with Crippen LogP contribution in [0.2, 0.25) is 15.1 Å². The van der Waals surface area contributed by atoms with E-state index in [0.29, 0.717) is 44.7 Å². The van der Waals surface area contributed by atoms with Crippen molar-refractivity contribution in [3.63, 3.8) is 0 Å². The molecular formula is C27H23Cl3N4O4. The lowest BCUT2D eigenvalue weighted by Crippen LogP contribution is -2.36. The lowest BCUT2D eigenvalue weighted by Gasteiger charge is -2.13. The Morgan fingerprint density at radius 3 is 2.26 bits per heavy atom. The molecule has 0 bridgehead atoms. The molecule has 0 atom stereocenters. The van der Waals surface area contributed by atoms with E-state index in [1.165, 1.54) is 16.8 Å². The van der Waals surface area contributed by atoms with E-state index in [2.05, 4.69) is 23.0 Å². The smallest absolute Gasteiger partial charge is 0.328 e. The normalized spacial score (nSPS) is 10.7. The van der Waals surface area contributed by atoms with E-state index in [4.69, 9.17) is 39.5 Å². The molecule has 8 nitrogen and oxygen atoms in total. The van der Waals surface area contributed by atoms with Crippen molar-refractivity contribution in [1.29, 1.82) is 0 Å². The minimum Gasteiger partial charge on any atom is -0.494 e. The molecule has 3 amide bonds. The van der Waals surface area contributed by atoms with Crippen LogP contribution in [0.25, 0.3) is 10.9 Å². The monoisotopic (exact) mass is 572 g/mol. The van der Waals surface area contributed by atoms with Crippen LogP contribution in [0.5, 0.6) is 5.75 Å². The summed E-state index contributed by atoms with van der Waals surface area (Å²) in [5.74, 6) is -1.83. The van der Waals surface area contributed by atoms with Crippen molar-refractivity contribution >= 4 is 74.8 Å². The first kappa shape index (κ1) is 27.3. The Morgan fingerprint density at radius 1 is 0.842 bits per heavy atom. The summed E-state index contributed by atoms with van der Waals surface area (Å²) in [6.45, 7) is 2.67. The number of hydrogen-bond acceptors (Lipinski definition) is 4. The van der Waals surface area contributed by atoms with Gasteiger partial charge in [-0.3, -0.25) is 19.8 Å². The Morgan fingerprint density at radius 2 is 1.55 bits per heavy atom. The van der Waals surface area contributed by atoms with Crippen LogP contribution >= 0.6 is 34.8 Å². The molecule has 0 saturated carbocycles. The van der Waals surface area contributed by atoms with E-state index in [-0.39, 0.29) is 10.7 Å². The maximum Gasteiger partial charge on any atom is 0.328 e. The zero-order valence-corrected chi connectivity index (χ0v) is 22.5. The van der Waals surface area contributed by atoms with Crippen molar-refractivity contribution in [3.8, 4) is 5.75 Å². The first-order chi connectivity index (χ1) is 18.2. The third kappa shape index (κ3) is 6.58. The van der Waals surface area contributed by atoms with Gasteiger partial charge in [0.15, 0.2) is 0 Å². The predicted octanol–water partition coefficient (Wildman–Crippen LogP) is 6.74. The number of hydrogen-bond donors (Lipinski definition) is 3. The highest BCUT2D eigenvalue weighted by Gasteiger charge is 2.22. The number of aromatic nitrogens is 1. The Bertz CT molecular complexity index is 1500. The van der Waals surface area contributed by atoms with Gasteiger partial charge in [0.05, 0.1) is 22.8 Å². The Balaban J connectivity index is 1.53. The standard InChI is InChI=1S/C27H23Cl3N4O4/c1-2-3-12-38-20-8-6-19(7-9-20)31-26(36)27(37)33-34-23-11-5-17(28)13-16(23)14-24(34)25(35)32-22-10-4-18(29)15-21(22)30/h4-11,13-15H,2-3,12H2,1H3,(H,31,36)(H,32,35)(H,33,37). The Hall–Kier alpha value is -3.72. The first-order valence-electron chi connectivity index (χ1n) is 11.7. The number of unbranched alkanes of at least 4 members (excludes halogenated alkanes) is 1. The van der Waals surface area contributed by atoms with Crippen molar-refractivity contribution in [2.75, 3.05) is 22.7 Å². The zero-order valence-electron chi connectivity index (χ0n) is 20.2. The molecule has 3 N–H and O–H groups in total. The molecule has 0 spiro atoms. The number of halogens is 3. The summed E-state index contributed by atoms with van der Waals surface area (Å²) in [4.78, 5) is 38.7. The molecule has 38 heavy (non-hydrogen) atoms. The quantitative estimate of drug-likeness (QED) is 0.160. The summed E-state index contributed by atoms with van der Waals surface area (Å²) in [6.07, 6.45) is 1.96. The van der Waals surface area contributed by atoms with Gasteiger partial charge in [0.1, 0.15) is 11.4 Å². The van der Waals surface area contributed by atoms with Gasteiger partial charge in [0.25, 0.3) is 5.91 Å². The molecule has 196 valence electrons. The molecule has 0 unspecified atom stereocenters. The SMILES string of the molecule is CCCCOc1ccc(NC(=O)C(=O)Nn2c(C(=O)Nc3ccc(Cl)cc3Cl)cc3cc(Cl)ccc32)cc1. The fraction of sp³-hybridized carbons (Fsp3) is 0.148. The number of nitrogens with zero attached hydrogens (tertiary/aromatic N) is 1. The molecule has 0 saturated heterocycles. The minimum atomic E-state index is -0.987. The van der Waals surface area contributed by atoms with Crippen molar-refractivity contribution < 1.29 is 19.1 Å². The fourth-order valence-corrected chi connectivity index (χ4v) is 4.20. The molecule has 0 aliphatic carbocycles. The van der Waals surface area contributed by atoms with Crippen LogP contribution in [0.15, 0.2) is 66.7 Å². The molecule has 0 aliphatic rings. The Kier molecular flexibility index (Phi) is 8.78. The van der Waals surface area contributed by atoms with Crippen LogP contribution in [0.4, 0.5) is 11.4 Å². The Labute approximate surface area is 233 Å². The van der Waals surface area contributed by atoms with E-state index >= 15 is 0 Å². The second kappa shape index (κ2) is 12.2. The van der Waals surface area contributed by atoms with Crippen LogP contribution in [-0.4, -0.2) is 29.0 Å². The second-order valence-electron chi connectivity index (χ2n) is 8.27. The molecule has 1 aromatic heterocycles. The molecule has 11 heteroatoms. The summed E-state index contributed by atoms with van der Waals surface area (Å²) in [5.41, 5.74) is 3.72. The number of anilines is 2. The summed E-state index contributed by atoms with van der Waals surface area (Å²) in [7, 11) is 0. The molecule has 0 aliphatic heterocycles. The van der Waals surface area contributed by atoms with Crippen molar-refractivity contribution in [1.82, 2.24) is 4.68 Å². The summed E-state index contributed by atoms with van der Waals surface area (Å²) < 4.78 is 6.83. The van der Waals surface area contributed by atoms with E-state index < -0.39 is 17.7 Å². The van der Waals surface area contributed by atoms with E-state index in [9.17, 15) is 14.4 Å². The van der Waals surface area contributed by atoms with Crippen LogP contribution in [-0.2, 0) is 9.59 Å². The molecule has 0 radical (unpaired) electrons. The number of rotatable bonds is 8. The number of benzene rings is 3. The maximum atomic E-state index is 13.2. The average molecular weight is 574 g/mol. The van der Waals surface area contributed by atoms with Gasteiger partial charge in [0.2, 0.25) is 0 Å². The van der Waals surface area contributed by atoms with Crippen LogP contribution in [0.1, 0.15) is 30.3 Å². The lowest BCUT2D eigenvalue weighted by molar-refractivity contribution is -0.133. The molecule has 4 aromatic rings. The van der Waals surface area contributed by atoms with Gasteiger partial charge >= 0.3 is 11.8 Å². The first-order valence-corrected chi connectivity index (χ1v) is 12.8. The van der Waals surface area contributed by atoms with Crippen LogP contribution < -0.4 is 20.8 Å². The third-order valence-electron chi connectivity index (χ3n) is 5.47. The van der Waals surface area contributed by atoms with Gasteiger partial charge in [-0.1, -0.05) is 48.1 Å². The lowest BCUT2D eigenvalue weighted by atomic mass is 10.2. The largest absolute Gasteiger partial charge is 0.494 e. The highest BCUT2D eigenvalue weighted by Crippen LogP contribution is 2.27. The molecular weight excluding hydrogens is 551 g/mol. The number of ether oxygens (including phenoxy) is 1. The van der Waals surface area contributed by atoms with E-state index in [1.54, 1.807) is 54.6 Å². The summed E-state index contributed by atoms with van der Waals surface area (Å²) >= 11 is 18.2. The van der Waals surface area contributed by atoms with Crippen molar-refractivity contribution in [3.05, 3.63) is 87.5 Å². The third-order valence-corrected chi connectivity index (χ3v) is 6.26. The van der Waals surface area contributed by atoms with Gasteiger partial charge in [-0.25, -0.2) is 4.68 Å². The van der Waals surface area contributed by atoms with Crippen molar-refractivity contribution in [2.45, 2.75) is 19.8 Å². The summed E-state index contributed by atoms with van der Waals surface area (Å²) in [5, 5.41) is 6.88. The van der Waals surface area contributed by atoms with Crippen LogP contribution in [0.3, 0.4) is 0 Å². The van der Waals surface area contributed by atoms with Gasteiger partial charge in [-0.2, -0.15) is 0 Å². The number of nitrogens with one attached hydrogen (secondary N) is 3. The van der Waals surface area contributed by atoms with Crippen molar-refractivity contribution in [2.24, 2.45) is 0 Å². The van der Waals surface area contributed by atoms with E-state index in [1.807, 2.05) is 0 Å². The number of carbonyl (C=O) groups is 3. The average Bonchev–Trinajstić information content (AvgIpc) is 3.24. The topological polar surface area (TPSA) is 101 Å². The van der Waals surface area contributed by atoms with Gasteiger partial charge in [0, 0.05) is 21.1 Å². The fourth-order valence-electron chi connectivity index (χ4n) is 3.56. The molecule has 4 rings (SSSR count). The van der Waals surface area contributed by atoms with E-state index in [0.717, 1.165) is 12.8 Å². The summed E-state index contributed by atoms with van der Waals surface area (Å²) in [6, 6.07) is 17.7.